The van der Waals surface area contributed by atoms with Crippen LogP contribution in [0.4, 0.5) is 5.69 Å². The van der Waals surface area contributed by atoms with Crippen LogP contribution in [0.2, 0.25) is 0 Å². The first kappa shape index (κ1) is 20.1. The number of rotatable bonds is 2. The lowest BCUT2D eigenvalue weighted by atomic mass is 10.1. The fourth-order valence-corrected chi connectivity index (χ4v) is 4.13. The summed E-state index contributed by atoms with van der Waals surface area (Å²) in [4.78, 5) is 37.8. The molecule has 10 nitrogen and oxygen atoms in total. The molecule has 1 aromatic carbocycles. The number of nitrogens with one attached hydrogen (secondary N) is 1. The maximum absolute atomic E-state index is 12.9. The van der Waals surface area contributed by atoms with Gasteiger partial charge in [0.2, 0.25) is 5.91 Å². The number of fused-ring (bicyclic) bond motifs is 2. The standard InChI is InChI=1S/C22H23N7O3/c1-27-21(24-14-25-27)16-2-3-19-18(10-16)26-20(30)12-28-8-9-29(11-17(28)13-32-19)22(31)15-4-6-23-7-5-15/h2-7,10,14,17H,8-9,11-13H2,1H3,(H,26,30)/t17-/m1/s1. The monoisotopic (exact) mass is 433 g/mol. The minimum atomic E-state index is -0.120. The number of hydrogen-bond donors (Lipinski definition) is 1. The van der Waals surface area contributed by atoms with Crippen molar-refractivity contribution >= 4 is 17.5 Å². The lowest BCUT2D eigenvalue weighted by Gasteiger charge is -2.40. The molecule has 164 valence electrons. The molecule has 0 bridgehead atoms. The first-order valence-electron chi connectivity index (χ1n) is 10.4. The molecule has 2 aromatic heterocycles. The van der Waals surface area contributed by atoms with E-state index in [1.807, 2.05) is 30.1 Å². The molecule has 0 aliphatic carbocycles. The third-order valence-corrected chi connectivity index (χ3v) is 5.82. The lowest BCUT2D eigenvalue weighted by molar-refractivity contribution is -0.118. The molecular weight excluding hydrogens is 410 g/mol. The summed E-state index contributed by atoms with van der Waals surface area (Å²) in [5.74, 6) is 1.13. The first-order valence-corrected chi connectivity index (χ1v) is 10.4. The van der Waals surface area contributed by atoms with Gasteiger partial charge in [-0.1, -0.05) is 0 Å². The number of carbonyl (C=O) groups excluding carboxylic acids is 2. The van der Waals surface area contributed by atoms with Crippen LogP contribution in [-0.4, -0.2) is 80.2 Å². The molecule has 32 heavy (non-hydrogen) atoms. The van der Waals surface area contributed by atoms with Gasteiger partial charge in [0.25, 0.3) is 5.91 Å². The van der Waals surface area contributed by atoms with Crippen molar-refractivity contribution in [1.29, 1.82) is 0 Å². The highest BCUT2D eigenvalue weighted by atomic mass is 16.5. The van der Waals surface area contributed by atoms with Gasteiger partial charge in [0, 0.05) is 50.2 Å². The molecule has 0 radical (unpaired) electrons. The quantitative estimate of drug-likeness (QED) is 0.644. The largest absolute Gasteiger partial charge is 0.490 e. The Bertz CT molecular complexity index is 1150. The van der Waals surface area contributed by atoms with Crippen molar-refractivity contribution in [2.45, 2.75) is 6.04 Å². The minimum Gasteiger partial charge on any atom is -0.490 e. The lowest BCUT2D eigenvalue weighted by Crippen LogP contribution is -2.57. The number of ether oxygens (including phenoxy) is 1. The minimum absolute atomic E-state index is 0.0370. The van der Waals surface area contributed by atoms with Gasteiger partial charge in [-0.3, -0.25) is 19.5 Å². The van der Waals surface area contributed by atoms with E-state index in [2.05, 4.69) is 25.3 Å². The molecule has 0 unspecified atom stereocenters. The summed E-state index contributed by atoms with van der Waals surface area (Å²) in [5, 5.41) is 7.07. The van der Waals surface area contributed by atoms with Crippen molar-refractivity contribution in [2.24, 2.45) is 7.05 Å². The second-order valence-corrected chi connectivity index (χ2v) is 7.89. The van der Waals surface area contributed by atoms with Crippen LogP contribution in [0.1, 0.15) is 10.4 Å². The molecule has 3 aromatic rings. The third kappa shape index (κ3) is 3.92. The zero-order valence-corrected chi connectivity index (χ0v) is 17.6. The Morgan fingerprint density at radius 1 is 1.19 bits per heavy atom. The van der Waals surface area contributed by atoms with E-state index in [4.69, 9.17) is 4.74 Å². The van der Waals surface area contributed by atoms with Gasteiger partial charge >= 0.3 is 0 Å². The van der Waals surface area contributed by atoms with Crippen molar-refractivity contribution in [3.8, 4) is 17.1 Å². The van der Waals surface area contributed by atoms with Crippen LogP contribution in [-0.2, 0) is 11.8 Å². The number of pyridine rings is 1. The van der Waals surface area contributed by atoms with E-state index in [-0.39, 0.29) is 24.4 Å². The Hall–Kier alpha value is -3.79. The Labute approximate surface area is 184 Å². The van der Waals surface area contributed by atoms with Gasteiger partial charge in [0.15, 0.2) is 5.82 Å². The average molecular weight is 433 g/mol. The van der Waals surface area contributed by atoms with Crippen molar-refractivity contribution < 1.29 is 14.3 Å². The molecule has 2 aliphatic rings. The molecule has 1 saturated heterocycles. The molecular formula is C22H23N7O3. The number of nitrogens with zero attached hydrogens (tertiary/aromatic N) is 6. The van der Waals surface area contributed by atoms with Crippen molar-refractivity contribution in [1.82, 2.24) is 29.5 Å². The van der Waals surface area contributed by atoms with Crippen molar-refractivity contribution in [2.75, 3.05) is 38.1 Å². The van der Waals surface area contributed by atoms with E-state index in [1.54, 1.807) is 29.2 Å². The van der Waals surface area contributed by atoms with Crippen LogP contribution < -0.4 is 10.1 Å². The van der Waals surface area contributed by atoms with Gasteiger partial charge in [-0.25, -0.2) is 9.67 Å². The van der Waals surface area contributed by atoms with Crippen molar-refractivity contribution in [3.05, 3.63) is 54.6 Å². The van der Waals surface area contributed by atoms with E-state index in [9.17, 15) is 9.59 Å². The molecule has 1 N–H and O–H groups in total. The summed E-state index contributed by atoms with van der Waals surface area (Å²) in [5.41, 5.74) is 2.04. The summed E-state index contributed by atoms with van der Waals surface area (Å²) >= 11 is 0. The number of aromatic nitrogens is 4. The van der Waals surface area contributed by atoms with Gasteiger partial charge in [0.05, 0.1) is 18.3 Å². The summed E-state index contributed by atoms with van der Waals surface area (Å²) in [7, 11) is 1.82. The zero-order valence-electron chi connectivity index (χ0n) is 17.6. The number of amides is 2. The average Bonchev–Trinajstić information content (AvgIpc) is 3.26. The normalized spacial score (nSPS) is 19.0. The topological polar surface area (TPSA) is 105 Å². The van der Waals surface area contributed by atoms with E-state index >= 15 is 0 Å². The second kappa shape index (κ2) is 8.39. The summed E-state index contributed by atoms with van der Waals surface area (Å²) < 4.78 is 7.79. The number of anilines is 1. The zero-order chi connectivity index (χ0) is 22.1. The molecule has 2 amide bonds. The highest BCUT2D eigenvalue weighted by Crippen LogP contribution is 2.31. The SMILES string of the molecule is Cn1ncnc1-c1ccc2c(c1)NC(=O)CN1CCN(C(=O)c3ccncc3)C[C@@H]1CO2. The van der Waals surface area contributed by atoms with E-state index in [1.165, 1.54) is 6.33 Å². The highest BCUT2D eigenvalue weighted by molar-refractivity contribution is 5.95. The maximum Gasteiger partial charge on any atom is 0.254 e. The van der Waals surface area contributed by atoms with Crippen LogP contribution in [0.3, 0.4) is 0 Å². The van der Waals surface area contributed by atoms with Gasteiger partial charge in [0.1, 0.15) is 18.7 Å². The van der Waals surface area contributed by atoms with Crippen LogP contribution in [0.25, 0.3) is 11.4 Å². The van der Waals surface area contributed by atoms with Crippen LogP contribution in [0, 0.1) is 0 Å². The molecule has 10 heteroatoms. The molecule has 0 spiro atoms. The Kier molecular flexibility index (Phi) is 5.28. The second-order valence-electron chi connectivity index (χ2n) is 7.89. The van der Waals surface area contributed by atoms with Gasteiger partial charge in [-0.05, 0) is 30.3 Å². The Balaban J connectivity index is 1.36. The Morgan fingerprint density at radius 2 is 2.03 bits per heavy atom. The van der Waals surface area contributed by atoms with E-state index < -0.39 is 0 Å². The fourth-order valence-electron chi connectivity index (χ4n) is 4.13. The highest BCUT2D eigenvalue weighted by Gasteiger charge is 2.33. The third-order valence-electron chi connectivity index (χ3n) is 5.82. The summed E-state index contributed by atoms with van der Waals surface area (Å²) in [6, 6.07) is 8.91. The smallest absolute Gasteiger partial charge is 0.254 e. The molecule has 1 fully saturated rings. The first-order chi connectivity index (χ1) is 15.6. The maximum atomic E-state index is 12.9. The van der Waals surface area contributed by atoms with E-state index in [0.717, 1.165) is 5.56 Å². The van der Waals surface area contributed by atoms with Gasteiger partial charge in [-0.15, -0.1) is 0 Å². The molecule has 1 atom stereocenters. The van der Waals surface area contributed by atoms with Gasteiger partial charge in [-0.2, -0.15) is 5.10 Å². The number of piperazine rings is 1. The summed E-state index contributed by atoms with van der Waals surface area (Å²) in [6.07, 6.45) is 4.72. The predicted octanol–water partition coefficient (Wildman–Crippen LogP) is 1.03. The number of benzene rings is 1. The van der Waals surface area contributed by atoms with Crippen LogP contribution in [0.15, 0.2) is 49.1 Å². The fraction of sp³-hybridized carbons (Fsp3) is 0.318. The molecule has 4 heterocycles. The molecule has 2 aliphatic heterocycles. The van der Waals surface area contributed by atoms with Crippen LogP contribution >= 0.6 is 0 Å². The molecule has 0 saturated carbocycles. The van der Waals surface area contributed by atoms with Gasteiger partial charge < -0.3 is 15.0 Å². The number of carbonyl (C=O) groups is 2. The molecule has 5 rings (SSSR count). The predicted molar refractivity (Wildman–Crippen MR) is 116 cm³/mol. The van der Waals surface area contributed by atoms with Crippen molar-refractivity contribution in [3.63, 3.8) is 0 Å². The number of hydrogen-bond acceptors (Lipinski definition) is 7. The Morgan fingerprint density at radius 3 is 2.81 bits per heavy atom. The summed E-state index contributed by atoms with van der Waals surface area (Å²) in [6.45, 7) is 2.23. The van der Waals surface area contributed by atoms with E-state index in [0.29, 0.717) is 49.1 Å². The van der Waals surface area contributed by atoms with Crippen LogP contribution in [0.5, 0.6) is 5.75 Å². The number of aryl methyl sites for hydroxylation is 1.